The number of halogens is 2. The van der Waals surface area contributed by atoms with E-state index in [4.69, 9.17) is 5.73 Å². The average molecular weight is 274 g/mol. The Morgan fingerprint density at radius 2 is 2.11 bits per heavy atom. The van der Waals surface area contributed by atoms with Gasteiger partial charge in [-0.15, -0.1) is 0 Å². The van der Waals surface area contributed by atoms with Gasteiger partial charge in [-0.05, 0) is 6.92 Å². The number of hydrogen-bond donors (Lipinski definition) is 1. The van der Waals surface area contributed by atoms with Crippen LogP contribution in [-0.4, -0.2) is 23.4 Å². The number of para-hydroxylation sites is 1. The fourth-order valence-corrected chi connectivity index (χ4v) is 1.47. The summed E-state index contributed by atoms with van der Waals surface area (Å²) < 4.78 is 31.6. The number of rotatable bonds is 5. The van der Waals surface area contributed by atoms with Gasteiger partial charge in [0.2, 0.25) is 0 Å². The molecule has 0 bridgehead atoms. The first-order valence-corrected chi connectivity index (χ1v) is 5.36. The number of carbonyl (C=O) groups excluding carboxylic acids is 1. The molecule has 104 valence electrons. The first-order chi connectivity index (χ1) is 8.82. The van der Waals surface area contributed by atoms with Crippen molar-refractivity contribution in [2.75, 3.05) is 6.61 Å². The molecule has 0 aliphatic carbocycles. The molecule has 0 saturated carbocycles. The largest absolute Gasteiger partial charge is 0.462 e. The van der Waals surface area contributed by atoms with E-state index >= 15 is 0 Å². The molecule has 8 heteroatoms. The van der Waals surface area contributed by atoms with E-state index in [1.54, 1.807) is 0 Å². The number of ether oxygens (including phenoxy) is 1. The number of esters is 1. The van der Waals surface area contributed by atoms with E-state index in [-0.39, 0.29) is 6.61 Å². The lowest BCUT2D eigenvalue weighted by molar-refractivity contribution is -0.386. The van der Waals surface area contributed by atoms with Gasteiger partial charge in [-0.25, -0.2) is 4.79 Å². The second-order valence-corrected chi connectivity index (χ2v) is 3.64. The zero-order valence-corrected chi connectivity index (χ0v) is 10.0. The van der Waals surface area contributed by atoms with Gasteiger partial charge < -0.3 is 10.5 Å². The maximum Gasteiger partial charge on any atom is 0.379 e. The third-order valence-corrected chi connectivity index (χ3v) is 2.41. The van der Waals surface area contributed by atoms with Crippen molar-refractivity contribution in [1.29, 1.82) is 0 Å². The minimum absolute atomic E-state index is 0.238. The van der Waals surface area contributed by atoms with E-state index in [1.807, 2.05) is 0 Å². The standard InChI is InChI=1S/C11H12F2N2O4/c1-2-19-10(16)11(12,13)9(14)7-5-3-4-6-8(7)15(17)18/h3-6,9H,2,14H2,1H3/t9-/m0/s1. The molecule has 0 aliphatic rings. The van der Waals surface area contributed by atoms with Gasteiger partial charge in [0.25, 0.3) is 5.69 Å². The highest BCUT2D eigenvalue weighted by atomic mass is 19.3. The fraction of sp³-hybridized carbons (Fsp3) is 0.364. The average Bonchev–Trinajstić information content (AvgIpc) is 2.38. The van der Waals surface area contributed by atoms with Gasteiger partial charge >= 0.3 is 11.9 Å². The second kappa shape index (κ2) is 5.70. The van der Waals surface area contributed by atoms with Crippen molar-refractivity contribution in [1.82, 2.24) is 0 Å². The fourth-order valence-electron chi connectivity index (χ4n) is 1.47. The number of alkyl halides is 2. The van der Waals surface area contributed by atoms with Crippen LogP contribution >= 0.6 is 0 Å². The van der Waals surface area contributed by atoms with Crippen molar-refractivity contribution in [3.05, 3.63) is 39.9 Å². The van der Waals surface area contributed by atoms with Crippen molar-refractivity contribution in [2.24, 2.45) is 5.73 Å². The van der Waals surface area contributed by atoms with Crippen LogP contribution < -0.4 is 5.73 Å². The summed E-state index contributed by atoms with van der Waals surface area (Å²) in [6.07, 6.45) is 0. The molecule has 0 heterocycles. The molecule has 0 saturated heterocycles. The Kier molecular flexibility index (Phi) is 4.49. The number of nitrogens with zero attached hydrogens (tertiary/aromatic N) is 1. The normalized spacial score (nSPS) is 12.8. The maximum absolute atomic E-state index is 13.7. The van der Waals surface area contributed by atoms with Crippen molar-refractivity contribution in [3.63, 3.8) is 0 Å². The van der Waals surface area contributed by atoms with Crippen molar-refractivity contribution < 1.29 is 23.2 Å². The van der Waals surface area contributed by atoms with Crippen LogP contribution in [0.1, 0.15) is 18.5 Å². The Bertz CT molecular complexity index is 493. The van der Waals surface area contributed by atoms with Gasteiger partial charge in [0.1, 0.15) is 6.04 Å². The summed E-state index contributed by atoms with van der Waals surface area (Å²) in [6, 6.07) is 2.61. The summed E-state index contributed by atoms with van der Waals surface area (Å²) in [6.45, 7) is 1.13. The lowest BCUT2D eigenvalue weighted by Gasteiger charge is -2.21. The molecule has 1 rings (SSSR count). The number of hydrogen-bond acceptors (Lipinski definition) is 5. The lowest BCUT2D eigenvalue weighted by atomic mass is 9.99. The van der Waals surface area contributed by atoms with E-state index in [0.29, 0.717) is 0 Å². The molecule has 0 radical (unpaired) electrons. The molecule has 6 nitrogen and oxygen atoms in total. The van der Waals surface area contributed by atoms with Crippen LogP contribution in [0.3, 0.4) is 0 Å². The van der Waals surface area contributed by atoms with Gasteiger partial charge in [-0.3, -0.25) is 10.1 Å². The summed E-state index contributed by atoms with van der Waals surface area (Å²) in [7, 11) is 0. The molecule has 1 aromatic carbocycles. The highest BCUT2D eigenvalue weighted by Gasteiger charge is 2.49. The van der Waals surface area contributed by atoms with Crippen LogP contribution in [-0.2, 0) is 9.53 Å². The second-order valence-electron chi connectivity index (χ2n) is 3.64. The van der Waals surface area contributed by atoms with E-state index in [0.717, 1.165) is 12.1 Å². The van der Waals surface area contributed by atoms with Crippen molar-refractivity contribution in [3.8, 4) is 0 Å². The van der Waals surface area contributed by atoms with Crippen LogP contribution in [0.4, 0.5) is 14.5 Å². The van der Waals surface area contributed by atoms with Crippen LogP contribution in [0.5, 0.6) is 0 Å². The molecule has 0 fully saturated rings. The number of nitro benzene ring substituents is 1. The Labute approximate surface area is 107 Å². The minimum atomic E-state index is -4.04. The predicted octanol–water partition coefficient (Wildman–Crippen LogP) is 1.79. The highest BCUT2D eigenvalue weighted by Crippen LogP contribution is 2.35. The molecule has 19 heavy (non-hydrogen) atoms. The van der Waals surface area contributed by atoms with Crippen molar-refractivity contribution >= 4 is 11.7 Å². The highest BCUT2D eigenvalue weighted by molar-refractivity contribution is 5.79. The zero-order chi connectivity index (χ0) is 14.6. The summed E-state index contributed by atoms with van der Waals surface area (Å²) in [5.41, 5.74) is 4.29. The topological polar surface area (TPSA) is 95.5 Å². The summed E-state index contributed by atoms with van der Waals surface area (Å²) in [5.74, 6) is -5.84. The Hall–Kier alpha value is -2.09. The predicted molar refractivity (Wildman–Crippen MR) is 61.6 cm³/mol. The van der Waals surface area contributed by atoms with Crippen LogP contribution in [0.15, 0.2) is 24.3 Å². The van der Waals surface area contributed by atoms with E-state index in [1.165, 1.54) is 19.1 Å². The number of carbonyl (C=O) groups is 1. The van der Waals surface area contributed by atoms with Gasteiger partial charge in [0.15, 0.2) is 0 Å². The third-order valence-electron chi connectivity index (χ3n) is 2.41. The molecular formula is C11H12F2N2O4. The monoisotopic (exact) mass is 274 g/mol. The summed E-state index contributed by atoms with van der Waals surface area (Å²) in [5, 5.41) is 10.7. The third kappa shape index (κ3) is 3.02. The van der Waals surface area contributed by atoms with E-state index in [9.17, 15) is 23.7 Å². The van der Waals surface area contributed by atoms with Crippen LogP contribution in [0, 0.1) is 10.1 Å². The first-order valence-electron chi connectivity index (χ1n) is 5.36. The molecule has 1 atom stereocenters. The molecule has 0 spiro atoms. The quantitative estimate of drug-likeness (QED) is 0.501. The van der Waals surface area contributed by atoms with E-state index in [2.05, 4.69) is 4.74 Å². The van der Waals surface area contributed by atoms with Crippen molar-refractivity contribution in [2.45, 2.75) is 18.9 Å². The van der Waals surface area contributed by atoms with Gasteiger partial charge in [-0.2, -0.15) is 8.78 Å². The molecule has 0 amide bonds. The maximum atomic E-state index is 13.7. The smallest absolute Gasteiger partial charge is 0.379 e. The number of benzene rings is 1. The SMILES string of the molecule is CCOC(=O)C(F)(F)[C@@H](N)c1ccccc1[N+](=O)[O-]. The zero-order valence-electron chi connectivity index (χ0n) is 10.0. The first kappa shape index (κ1) is 15.0. The lowest BCUT2D eigenvalue weighted by Crippen LogP contribution is -2.42. The summed E-state index contributed by atoms with van der Waals surface area (Å²) in [4.78, 5) is 21.0. The molecule has 0 unspecified atom stereocenters. The Balaban J connectivity index is 3.16. The molecular weight excluding hydrogens is 262 g/mol. The van der Waals surface area contributed by atoms with E-state index < -0.39 is 34.1 Å². The van der Waals surface area contributed by atoms with Gasteiger partial charge in [0, 0.05) is 6.07 Å². The van der Waals surface area contributed by atoms with Gasteiger partial charge in [0.05, 0.1) is 17.1 Å². The summed E-state index contributed by atoms with van der Waals surface area (Å²) >= 11 is 0. The minimum Gasteiger partial charge on any atom is -0.462 e. The molecule has 0 aliphatic heterocycles. The van der Waals surface area contributed by atoms with Gasteiger partial charge in [-0.1, -0.05) is 18.2 Å². The number of nitro groups is 1. The Morgan fingerprint density at radius 1 is 1.53 bits per heavy atom. The van der Waals surface area contributed by atoms with Crippen LogP contribution in [0.2, 0.25) is 0 Å². The molecule has 1 aromatic rings. The number of nitrogens with two attached hydrogens (primary N) is 1. The van der Waals surface area contributed by atoms with Crippen LogP contribution in [0.25, 0.3) is 0 Å². The molecule has 0 aromatic heterocycles. The molecule has 2 N–H and O–H groups in total. The Morgan fingerprint density at radius 3 is 2.63 bits per heavy atom.